The molecule has 1 unspecified atom stereocenters. The highest BCUT2D eigenvalue weighted by atomic mass is 35.5. The summed E-state index contributed by atoms with van der Waals surface area (Å²) < 4.78 is 5.48. The van der Waals surface area contributed by atoms with Crippen molar-refractivity contribution in [1.82, 2.24) is 4.98 Å². The minimum atomic E-state index is 0.341. The van der Waals surface area contributed by atoms with Crippen LogP contribution in [0.4, 0.5) is 5.82 Å². The lowest BCUT2D eigenvalue weighted by atomic mass is 10.1. The molecule has 94 valence electrons. The zero-order valence-electron chi connectivity index (χ0n) is 9.83. The van der Waals surface area contributed by atoms with Crippen LogP contribution in [0.25, 0.3) is 0 Å². The largest absolute Gasteiger partial charge is 0.377 e. The van der Waals surface area contributed by atoms with Crippen molar-refractivity contribution in [2.45, 2.75) is 25.3 Å². The van der Waals surface area contributed by atoms with Gasteiger partial charge in [0.2, 0.25) is 0 Å². The molecule has 0 N–H and O–H groups in total. The summed E-state index contributed by atoms with van der Waals surface area (Å²) in [5.41, 5.74) is 0.743. The minimum absolute atomic E-state index is 0.341. The van der Waals surface area contributed by atoms with E-state index in [-0.39, 0.29) is 0 Å². The van der Waals surface area contributed by atoms with Gasteiger partial charge in [-0.25, -0.2) is 4.98 Å². The molecule has 1 atom stereocenters. The van der Waals surface area contributed by atoms with Crippen molar-refractivity contribution in [1.29, 1.82) is 0 Å². The number of ether oxygens (including phenoxy) is 1. The van der Waals surface area contributed by atoms with Crippen molar-refractivity contribution >= 4 is 29.0 Å². The Balaban J connectivity index is 2.25. The number of alkyl halides is 1. The van der Waals surface area contributed by atoms with Crippen LogP contribution in [0, 0.1) is 0 Å². The van der Waals surface area contributed by atoms with E-state index in [4.69, 9.17) is 27.9 Å². The summed E-state index contributed by atoms with van der Waals surface area (Å²) in [5, 5.41) is 0.630. The molecule has 1 aliphatic heterocycles. The van der Waals surface area contributed by atoms with Gasteiger partial charge in [0.05, 0.1) is 35.9 Å². The summed E-state index contributed by atoms with van der Waals surface area (Å²) >= 11 is 11.8. The first-order chi connectivity index (χ1) is 8.26. The maximum absolute atomic E-state index is 6.02. The lowest BCUT2D eigenvalue weighted by Crippen LogP contribution is -2.45. The quantitative estimate of drug-likeness (QED) is 0.793. The summed E-state index contributed by atoms with van der Waals surface area (Å²) in [4.78, 5) is 6.79. The van der Waals surface area contributed by atoms with Crippen molar-refractivity contribution in [3.05, 3.63) is 22.8 Å². The maximum Gasteiger partial charge on any atom is 0.129 e. The zero-order chi connectivity index (χ0) is 12.3. The predicted molar refractivity (Wildman–Crippen MR) is 71.0 cm³/mol. The molecule has 2 rings (SSSR count). The van der Waals surface area contributed by atoms with Crippen LogP contribution in [0.15, 0.2) is 12.1 Å². The Hall–Kier alpha value is -0.510. The van der Waals surface area contributed by atoms with Crippen LogP contribution in [0.3, 0.4) is 0 Å². The van der Waals surface area contributed by atoms with E-state index in [0.717, 1.165) is 37.7 Å². The van der Waals surface area contributed by atoms with Crippen LogP contribution in [0.1, 0.15) is 19.0 Å². The normalized spacial score (nSPS) is 20.6. The number of halogens is 2. The topological polar surface area (TPSA) is 25.4 Å². The third kappa shape index (κ3) is 2.84. The second-order valence-electron chi connectivity index (χ2n) is 4.06. The van der Waals surface area contributed by atoms with E-state index in [1.54, 1.807) is 0 Å². The lowest BCUT2D eigenvalue weighted by Gasteiger charge is -2.36. The number of hydrogen-bond acceptors (Lipinski definition) is 3. The van der Waals surface area contributed by atoms with Gasteiger partial charge in [-0.05, 0) is 18.6 Å². The summed E-state index contributed by atoms with van der Waals surface area (Å²) in [5.74, 6) is 1.29. The number of nitrogens with zero attached hydrogens (tertiary/aromatic N) is 2. The second-order valence-corrected chi connectivity index (χ2v) is 4.74. The monoisotopic (exact) mass is 274 g/mol. The van der Waals surface area contributed by atoms with Crippen LogP contribution in [-0.2, 0) is 10.6 Å². The highest BCUT2D eigenvalue weighted by Gasteiger charge is 2.23. The van der Waals surface area contributed by atoms with Gasteiger partial charge in [0.15, 0.2) is 0 Å². The van der Waals surface area contributed by atoms with Gasteiger partial charge < -0.3 is 9.64 Å². The molecule has 1 aromatic rings. The Morgan fingerprint density at radius 3 is 3.06 bits per heavy atom. The third-order valence-corrected chi connectivity index (χ3v) is 3.62. The first kappa shape index (κ1) is 12.9. The number of rotatable bonds is 3. The van der Waals surface area contributed by atoms with E-state index >= 15 is 0 Å². The molecule has 0 bridgehead atoms. The van der Waals surface area contributed by atoms with E-state index in [9.17, 15) is 0 Å². The maximum atomic E-state index is 6.02. The molecule has 1 aromatic heterocycles. The highest BCUT2D eigenvalue weighted by molar-refractivity contribution is 6.32. The molecule has 0 saturated carbocycles. The number of morpholine rings is 1. The van der Waals surface area contributed by atoms with Crippen molar-refractivity contribution in [3.8, 4) is 0 Å². The molecule has 0 amide bonds. The van der Waals surface area contributed by atoms with E-state index in [2.05, 4.69) is 16.8 Å². The first-order valence-corrected chi connectivity index (χ1v) is 6.73. The van der Waals surface area contributed by atoms with Crippen LogP contribution in [0.2, 0.25) is 5.02 Å². The van der Waals surface area contributed by atoms with Gasteiger partial charge in [-0.2, -0.15) is 0 Å². The molecular formula is C12H16Cl2N2O. The molecule has 2 heterocycles. The molecule has 1 saturated heterocycles. The molecule has 3 nitrogen and oxygen atoms in total. The SMILES string of the molecule is CCC1COCCN1c1ccc(Cl)c(CCl)n1. The number of pyridine rings is 1. The van der Waals surface area contributed by atoms with Gasteiger partial charge in [-0.15, -0.1) is 11.6 Å². The molecule has 0 radical (unpaired) electrons. The molecule has 0 aliphatic carbocycles. The third-order valence-electron chi connectivity index (χ3n) is 3.02. The minimum Gasteiger partial charge on any atom is -0.377 e. The van der Waals surface area contributed by atoms with Crippen LogP contribution in [0.5, 0.6) is 0 Å². The zero-order valence-corrected chi connectivity index (χ0v) is 11.3. The van der Waals surface area contributed by atoms with E-state index in [0.29, 0.717) is 16.9 Å². The van der Waals surface area contributed by atoms with Gasteiger partial charge in [-0.3, -0.25) is 0 Å². The summed E-state index contributed by atoms with van der Waals surface area (Å²) in [6, 6.07) is 4.21. The van der Waals surface area contributed by atoms with Crippen molar-refractivity contribution in [2.24, 2.45) is 0 Å². The average molecular weight is 275 g/mol. The van der Waals surface area contributed by atoms with E-state index in [1.165, 1.54) is 0 Å². The molecule has 1 aliphatic rings. The lowest BCUT2D eigenvalue weighted by molar-refractivity contribution is 0.0925. The molecule has 0 spiro atoms. The van der Waals surface area contributed by atoms with Crippen LogP contribution < -0.4 is 4.90 Å². The number of hydrogen-bond donors (Lipinski definition) is 0. The Morgan fingerprint density at radius 2 is 2.35 bits per heavy atom. The van der Waals surface area contributed by atoms with E-state index < -0.39 is 0 Å². The molecule has 17 heavy (non-hydrogen) atoms. The smallest absolute Gasteiger partial charge is 0.129 e. The standard InChI is InChI=1S/C12H16Cl2N2O/c1-2-9-8-17-6-5-16(9)12-4-3-10(14)11(7-13)15-12/h3-4,9H,2,5-8H2,1H3. The average Bonchev–Trinajstić information content (AvgIpc) is 2.39. The Morgan fingerprint density at radius 1 is 1.53 bits per heavy atom. The first-order valence-electron chi connectivity index (χ1n) is 5.82. The number of aromatic nitrogens is 1. The van der Waals surface area contributed by atoms with Crippen LogP contribution >= 0.6 is 23.2 Å². The fraction of sp³-hybridized carbons (Fsp3) is 0.583. The van der Waals surface area contributed by atoms with Crippen LogP contribution in [-0.4, -0.2) is 30.8 Å². The Labute approximate surface area is 112 Å². The van der Waals surface area contributed by atoms with Gasteiger partial charge in [0.1, 0.15) is 5.82 Å². The summed E-state index contributed by atoms with van der Waals surface area (Å²) in [6.45, 7) is 4.54. The second kappa shape index (κ2) is 5.89. The molecular weight excluding hydrogens is 259 g/mol. The van der Waals surface area contributed by atoms with Gasteiger partial charge in [0, 0.05) is 6.54 Å². The molecule has 1 fully saturated rings. The fourth-order valence-corrected chi connectivity index (χ4v) is 2.47. The molecule has 5 heteroatoms. The van der Waals surface area contributed by atoms with Gasteiger partial charge in [-0.1, -0.05) is 18.5 Å². The van der Waals surface area contributed by atoms with Gasteiger partial charge in [0.25, 0.3) is 0 Å². The Kier molecular flexibility index (Phi) is 4.48. The summed E-state index contributed by atoms with van der Waals surface area (Å²) in [7, 11) is 0. The Bertz CT molecular complexity index is 387. The highest BCUT2D eigenvalue weighted by Crippen LogP contribution is 2.24. The molecule has 0 aromatic carbocycles. The van der Waals surface area contributed by atoms with Crippen molar-refractivity contribution in [3.63, 3.8) is 0 Å². The van der Waals surface area contributed by atoms with Gasteiger partial charge >= 0.3 is 0 Å². The van der Waals surface area contributed by atoms with Crippen molar-refractivity contribution < 1.29 is 4.74 Å². The summed E-state index contributed by atoms with van der Waals surface area (Å²) in [6.07, 6.45) is 1.04. The predicted octanol–water partition coefficient (Wildman–Crippen LogP) is 3.09. The number of anilines is 1. The van der Waals surface area contributed by atoms with E-state index in [1.807, 2.05) is 12.1 Å². The van der Waals surface area contributed by atoms with Crippen molar-refractivity contribution in [2.75, 3.05) is 24.7 Å². The fourth-order valence-electron chi connectivity index (χ4n) is 2.02.